The maximum Gasteiger partial charge on any atom is 0.410 e. The van der Waals surface area contributed by atoms with Crippen molar-refractivity contribution in [2.45, 2.75) is 25.4 Å². The van der Waals surface area contributed by atoms with Crippen LogP contribution in [0.25, 0.3) is 0 Å². The van der Waals surface area contributed by atoms with Gasteiger partial charge in [-0.15, -0.1) is 10.2 Å². The molecule has 0 bridgehead atoms. The molecule has 1 aromatic heterocycles. The number of benzene rings is 1. The van der Waals surface area contributed by atoms with Crippen LogP contribution >= 0.6 is 0 Å². The number of likely N-dealkylation sites (tertiary alicyclic amines) is 1. The summed E-state index contributed by atoms with van der Waals surface area (Å²) in [5.41, 5.74) is 0.998. The quantitative estimate of drug-likeness (QED) is 0.873. The van der Waals surface area contributed by atoms with E-state index in [9.17, 15) is 4.79 Å². The number of hydrogen-bond donors (Lipinski definition) is 0. The van der Waals surface area contributed by atoms with Gasteiger partial charge in [0.05, 0.1) is 0 Å². The zero-order valence-electron chi connectivity index (χ0n) is 12.7. The molecule has 0 saturated carbocycles. The average Bonchev–Trinajstić information content (AvgIpc) is 3.00. The highest BCUT2D eigenvalue weighted by molar-refractivity contribution is 5.67. The molecule has 1 atom stereocenters. The summed E-state index contributed by atoms with van der Waals surface area (Å²) in [6, 6.07) is 9.72. The van der Waals surface area contributed by atoms with Crippen molar-refractivity contribution in [3.05, 3.63) is 48.0 Å². The first-order chi connectivity index (χ1) is 10.7. The number of amides is 1. The van der Waals surface area contributed by atoms with Crippen LogP contribution in [0.3, 0.4) is 0 Å². The minimum absolute atomic E-state index is 0.227. The lowest BCUT2D eigenvalue weighted by Gasteiger charge is -2.31. The Hall–Kier alpha value is -2.37. The van der Waals surface area contributed by atoms with Crippen LogP contribution in [-0.2, 0) is 18.4 Å². The largest absolute Gasteiger partial charge is 0.445 e. The van der Waals surface area contributed by atoms with Gasteiger partial charge < -0.3 is 14.2 Å². The molecule has 116 valence electrons. The molecule has 22 heavy (non-hydrogen) atoms. The molecular weight excluding hydrogens is 280 g/mol. The second kappa shape index (κ2) is 6.60. The Labute approximate surface area is 129 Å². The van der Waals surface area contributed by atoms with E-state index in [2.05, 4.69) is 10.2 Å². The maximum absolute atomic E-state index is 12.2. The minimum Gasteiger partial charge on any atom is -0.445 e. The fourth-order valence-corrected chi connectivity index (χ4v) is 2.83. The second-order valence-corrected chi connectivity index (χ2v) is 5.63. The molecule has 1 unspecified atom stereocenters. The number of nitrogens with zero attached hydrogens (tertiary/aromatic N) is 4. The Bertz CT molecular complexity index is 626. The molecule has 1 aromatic carbocycles. The molecule has 0 spiro atoms. The van der Waals surface area contributed by atoms with Crippen molar-refractivity contribution in [1.82, 2.24) is 19.7 Å². The van der Waals surface area contributed by atoms with Crippen LogP contribution in [0.2, 0.25) is 0 Å². The highest BCUT2D eigenvalue weighted by Crippen LogP contribution is 2.25. The predicted octanol–water partition coefficient (Wildman–Crippen LogP) is 2.33. The van der Waals surface area contributed by atoms with E-state index in [1.807, 2.05) is 41.9 Å². The van der Waals surface area contributed by atoms with Gasteiger partial charge in [-0.05, 0) is 18.4 Å². The molecule has 1 fully saturated rings. The van der Waals surface area contributed by atoms with Gasteiger partial charge in [0.15, 0.2) is 0 Å². The Balaban J connectivity index is 1.57. The molecule has 0 radical (unpaired) electrons. The summed E-state index contributed by atoms with van der Waals surface area (Å²) in [5, 5.41) is 8.08. The van der Waals surface area contributed by atoms with Crippen LogP contribution in [0.4, 0.5) is 4.79 Å². The number of carbonyl (C=O) groups is 1. The zero-order chi connectivity index (χ0) is 15.4. The Morgan fingerprint density at radius 1 is 1.36 bits per heavy atom. The molecule has 1 aliphatic heterocycles. The average molecular weight is 300 g/mol. The van der Waals surface area contributed by atoms with E-state index in [1.165, 1.54) is 0 Å². The van der Waals surface area contributed by atoms with Crippen molar-refractivity contribution in [3.63, 3.8) is 0 Å². The SMILES string of the molecule is Cn1cnnc1C1CCCN(C(=O)OCc2ccccc2)C1. The molecular formula is C16H20N4O2. The van der Waals surface area contributed by atoms with Gasteiger partial charge in [0.25, 0.3) is 0 Å². The molecule has 2 aromatic rings. The third-order valence-corrected chi connectivity index (χ3v) is 4.00. The van der Waals surface area contributed by atoms with E-state index in [0.717, 1.165) is 30.8 Å². The molecule has 0 aliphatic carbocycles. The number of hydrogen-bond acceptors (Lipinski definition) is 4. The summed E-state index contributed by atoms with van der Waals surface area (Å²) in [7, 11) is 1.93. The molecule has 6 nitrogen and oxygen atoms in total. The van der Waals surface area contributed by atoms with Crippen LogP contribution < -0.4 is 0 Å². The lowest BCUT2D eigenvalue weighted by Crippen LogP contribution is -2.40. The third-order valence-electron chi connectivity index (χ3n) is 4.00. The lowest BCUT2D eigenvalue weighted by molar-refractivity contribution is 0.0851. The Kier molecular flexibility index (Phi) is 4.37. The molecule has 1 aliphatic rings. The molecule has 1 saturated heterocycles. The van der Waals surface area contributed by atoms with Crippen LogP contribution in [0.1, 0.15) is 30.1 Å². The number of rotatable bonds is 3. The second-order valence-electron chi connectivity index (χ2n) is 5.63. The third kappa shape index (κ3) is 3.27. The number of aromatic nitrogens is 3. The van der Waals surface area contributed by atoms with Gasteiger partial charge in [0, 0.05) is 26.1 Å². The normalized spacial score (nSPS) is 18.2. The highest BCUT2D eigenvalue weighted by atomic mass is 16.6. The van der Waals surface area contributed by atoms with E-state index in [-0.39, 0.29) is 12.0 Å². The van der Waals surface area contributed by atoms with Crippen molar-refractivity contribution >= 4 is 6.09 Å². The molecule has 6 heteroatoms. The summed E-state index contributed by atoms with van der Waals surface area (Å²) < 4.78 is 7.33. The topological polar surface area (TPSA) is 60.2 Å². The fraction of sp³-hybridized carbons (Fsp3) is 0.438. The first kappa shape index (κ1) is 14.6. The predicted molar refractivity (Wildman–Crippen MR) is 81.2 cm³/mol. The first-order valence-corrected chi connectivity index (χ1v) is 7.53. The van der Waals surface area contributed by atoms with Gasteiger partial charge in [-0.25, -0.2) is 4.79 Å². The van der Waals surface area contributed by atoms with Crippen LogP contribution in [0, 0.1) is 0 Å². The number of aryl methyl sites for hydroxylation is 1. The van der Waals surface area contributed by atoms with Gasteiger partial charge in [-0.1, -0.05) is 30.3 Å². The van der Waals surface area contributed by atoms with E-state index in [1.54, 1.807) is 11.2 Å². The van der Waals surface area contributed by atoms with E-state index < -0.39 is 0 Å². The summed E-state index contributed by atoms with van der Waals surface area (Å²) >= 11 is 0. The Morgan fingerprint density at radius 3 is 2.91 bits per heavy atom. The van der Waals surface area contributed by atoms with Gasteiger partial charge in [0.1, 0.15) is 18.8 Å². The molecule has 0 N–H and O–H groups in total. The van der Waals surface area contributed by atoms with E-state index >= 15 is 0 Å². The number of ether oxygens (including phenoxy) is 1. The van der Waals surface area contributed by atoms with Crippen LogP contribution in [0.15, 0.2) is 36.7 Å². The van der Waals surface area contributed by atoms with E-state index in [4.69, 9.17) is 4.74 Å². The number of carbonyl (C=O) groups excluding carboxylic acids is 1. The van der Waals surface area contributed by atoms with Gasteiger partial charge in [-0.2, -0.15) is 0 Å². The van der Waals surface area contributed by atoms with Crippen molar-refractivity contribution in [3.8, 4) is 0 Å². The zero-order valence-corrected chi connectivity index (χ0v) is 12.7. The monoisotopic (exact) mass is 300 g/mol. The summed E-state index contributed by atoms with van der Waals surface area (Å²) in [5.74, 6) is 1.16. The molecule has 3 rings (SSSR count). The molecule has 2 heterocycles. The van der Waals surface area contributed by atoms with Crippen molar-refractivity contribution in [2.75, 3.05) is 13.1 Å². The maximum atomic E-state index is 12.2. The van der Waals surface area contributed by atoms with Gasteiger partial charge in [-0.3, -0.25) is 0 Å². The van der Waals surface area contributed by atoms with Crippen LogP contribution in [-0.4, -0.2) is 38.8 Å². The lowest BCUT2D eigenvalue weighted by atomic mass is 9.97. The summed E-state index contributed by atoms with van der Waals surface area (Å²) in [6.07, 6.45) is 3.42. The fourth-order valence-electron chi connectivity index (χ4n) is 2.83. The van der Waals surface area contributed by atoms with Crippen molar-refractivity contribution in [2.24, 2.45) is 7.05 Å². The Morgan fingerprint density at radius 2 is 2.18 bits per heavy atom. The highest BCUT2D eigenvalue weighted by Gasteiger charge is 2.28. The van der Waals surface area contributed by atoms with Crippen LogP contribution in [0.5, 0.6) is 0 Å². The standard InChI is InChI=1S/C16H20N4O2/c1-19-12-17-18-15(19)14-8-5-9-20(10-14)16(21)22-11-13-6-3-2-4-7-13/h2-4,6-7,12,14H,5,8-11H2,1H3. The summed E-state index contributed by atoms with van der Waals surface area (Å²) in [4.78, 5) is 14.0. The van der Waals surface area contributed by atoms with Crippen molar-refractivity contribution < 1.29 is 9.53 Å². The van der Waals surface area contributed by atoms with Gasteiger partial charge >= 0.3 is 6.09 Å². The first-order valence-electron chi connectivity index (χ1n) is 7.53. The minimum atomic E-state index is -0.254. The van der Waals surface area contributed by atoms with E-state index in [0.29, 0.717) is 13.2 Å². The number of piperidine rings is 1. The van der Waals surface area contributed by atoms with Gasteiger partial charge in [0.2, 0.25) is 0 Å². The molecule has 1 amide bonds. The van der Waals surface area contributed by atoms with Crippen molar-refractivity contribution in [1.29, 1.82) is 0 Å². The smallest absolute Gasteiger partial charge is 0.410 e. The summed E-state index contributed by atoms with van der Waals surface area (Å²) in [6.45, 7) is 1.69.